The summed E-state index contributed by atoms with van der Waals surface area (Å²) in [6.45, 7) is 1.96. The van der Waals surface area contributed by atoms with Crippen LogP contribution in [0.5, 0.6) is 0 Å². The Kier molecular flexibility index (Phi) is 7.49. The van der Waals surface area contributed by atoms with Gasteiger partial charge in [0.25, 0.3) is 0 Å². The normalized spacial score (nSPS) is 29.2. The molecule has 5 nitrogen and oxygen atoms in total. The standard InChI is InChI=1S/C24H30F2O5/c1-15-6-5-7-16(12-15)13-17(27)10-11-18-19(28)14-20-23(18)24(25,26)21(31-20)8-3-4-9-22(29)30-2/h5-8,10-12,17-20,23,27-28H,3-4,9,13-14H2,1-2H3/b11-10?,21-8+/t17-,18-,19+,20-,23+/m0/s1. The Hall–Kier alpha value is -2.25. The fourth-order valence-electron chi connectivity index (χ4n) is 4.45. The lowest BCUT2D eigenvalue weighted by Crippen LogP contribution is -2.33. The quantitative estimate of drug-likeness (QED) is 0.369. The molecular formula is C24H30F2O5. The first-order valence-electron chi connectivity index (χ1n) is 10.6. The number of rotatable bonds is 8. The number of aryl methyl sites for hydroxylation is 1. The average Bonchev–Trinajstić information content (AvgIpc) is 3.15. The molecule has 0 amide bonds. The average molecular weight is 436 g/mol. The third-order valence-electron chi connectivity index (χ3n) is 5.98. The number of aliphatic hydroxyl groups is 2. The van der Waals surface area contributed by atoms with E-state index in [0.717, 1.165) is 11.1 Å². The van der Waals surface area contributed by atoms with Crippen LogP contribution < -0.4 is 0 Å². The van der Waals surface area contributed by atoms with Gasteiger partial charge in [-0.25, -0.2) is 0 Å². The maximum Gasteiger partial charge on any atom is 0.310 e. The van der Waals surface area contributed by atoms with Gasteiger partial charge in [0.2, 0.25) is 0 Å². The van der Waals surface area contributed by atoms with Crippen LogP contribution in [0, 0.1) is 18.8 Å². The summed E-state index contributed by atoms with van der Waals surface area (Å²) in [5.74, 6) is -5.99. The second-order valence-electron chi connectivity index (χ2n) is 8.37. The number of carbonyl (C=O) groups is 1. The fourth-order valence-corrected chi connectivity index (χ4v) is 4.45. The molecule has 1 aromatic rings. The molecule has 7 heteroatoms. The van der Waals surface area contributed by atoms with E-state index in [0.29, 0.717) is 12.8 Å². The molecule has 1 heterocycles. The van der Waals surface area contributed by atoms with Gasteiger partial charge in [0, 0.05) is 25.2 Å². The number of unbranched alkanes of at least 4 members (excludes halogenated alkanes) is 1. The van der Waals surface area contributed by atoms with Crippen LogP contribution in [0.2, 0.25) is 0 Å². The number of hydrogen-bond acceptors (Lipinski definition) is 5. The number of carbonyl (C=O) groups excluding carboxylic acids is 1. The zero-order chi connectivity index (χ0) is 22.6. The molecule has 1 aliphatic carbocycles. The number of halogens is 2. The van der Waals surface area contributed by atoms with Crippen LogP contribution in [0.15, 0.2) is 48.3 Å². The summed E-state index contributed by atoms with van der Waals surface area (Å²) in [6, 6.07) is 7.74. The van der Waals surface area contributed by atoms with Crippen molar-refractivity contribution in [1.82, 2.24) is 0 Å². The van der Waals surface area contributed by atoms with Crippen molar-refractivity contribution in [3.8, 4) is 0 Å². The van der Waals surface area contributed by atoms with Crippen LogP contribution in [0.25, 0.3) is 0 Å². The minimum absolute atomic E-state index is 0.114. The second kappa shape index (κ2) is 9.92. The Balaban J connectivity index is 1.64. The monoisotopic (exact) mass is 436 g/mol. The van der Waals surface area contributed by atoms with E-state index in [1.54, 1.807) is 0 Å². The lowest BCUT2D eigenvalue weighted by Gasteiger charge is -2.22. The van der Waals surface area contributed by atoms with E-state index in [4.69, 9.17) is 4.74 Å². The van der Waals surface area contributed by atoms with E-state index in [1.165, 1.54) is 25.3 Å². The summed E-state index contributed by atoms with van der Waals surface area (Å²) < 4.78 is 40.2. The SMILES string of the molecule is COC(=O)CCC/C=C1/O[C@H]2C[C@@H](O)[C@H](C=C[C@H](O)Cc3cccc(C)c3)[C@H]2C1(F)F. The van der Waals surface area contributed by atoms with Crippen LogP contribution in [0.1, 0.15) is 36.8 Å². The van der Waals surface area contributed by atoms with Crippen LogP contribution in [0.3, 0.4) is 0 Å². The molecule has 1 aromatic carbocycles. The van der Waals surface area contributed by atoms with Gasteiger partial charge in [0.1, 0.15) is 6.10 Å². The van der Waals surface area contributed by atoms with Crippen molar-refractivity contribution < 1.29 is 33.3 Å². The topological polar surface area (TPSA) is 76.0 Å². The summed E-state index contributed by atoms with van der Waals surface area (Å²) in [4.78, 5) is 11.2. The fraction of sp³-hybridized carbons (Fsp3) is 0.542. The van der Waals surface area contributed by atoms with Gasteiger partial charge in [-0.2, -0.15) is 8.78 Å². The summed E-state index contributed by atoms with van der Waals surface area (Å²) in [5.41, 5.74) is 2.03. The van der Waals surface area contributed by atoms with Gasteiger partial charge in [0.05, 0.1) is 25.2 Å². The molecular weight excluding hydrogens is 406 g/mol. The molecule has 2 aliphatic rings. The van der Waals surface area contributed by atoms with Crippen molar-refractivity contribution in [2.75, 3.05) is 7.11 Å². The van der Waals surface area contributed by atoms with E-state index < -0.39 is 41.8 Å². The van der Waals surface area contributed by atoms with Crippen molar-refractivity contribution >= 4 is 5.97 Å². The van der Waals surface area contributed by atoms with Crippen LogP contribution in [-0.2, 0) is 20.7 Å². The highest BCUT2D eigenvalue weighted by Gasteiger charge is 2.63. The zero-order valence-electron chi connectivity index (χ0n) is 17.8. The molecule has 170 valence electrons. The number of alkyl halides is 2. The van der Waals surface area contributed by atoms with Crippen LogP contribution in [-0.4, -0.2) is 47.5 Å². The lowest BCUT2D eigenvalue weighted by atomic mass is 9.87. The largest absolute Gasteiger partial charge is 0.488 e. The van der Waals surface area contributed by atoms with E-state index >= 15 is 8.78 Å². The molecule has 0 unspecified atom stereocenters. The number of aliphatic hydroxyl groups excluding tert-OH is 2. The number of esters is 1. The Morgan fingerprint density at radius 1 is 1.42 bits per heavy atom. The smallest absolute Gasteiger partial charge is 0.310 e. The highest BCUT2D eigenvalue weighted by Crippen LogP contribution is 2.54. The van der Waals surface area contributed by atoms with Crippen molar-refractivity contribution in [1.29, 1.82) is 0 Å². The number of ether oxygens (including phenoxy) is 2. The molecule has 0 bridgehead atoms. The maximum absolute atomic E-state index is 15.1. The maximum atomic E-state index is 15.1. The number of methoxy groups -OCH3 is 1. The van der Waals surface area contributed by atoms with Gasteiger partial charge in [-0.05, 0) is 31.4 Å². The van der Waals surface area contributed by atoms with E-state index in [9.17, 15) is 15.0 Å². The molecule has 0 radical (unpaired) electrons. The van der Waals surface area contributed by atoms with Gasteiger partial charge in [-0.15, -0.1) is 0 Å². The summed E-state index contributed by atoms with van der Waals surface area (Å²) in [6.07, 6.45) is 3.07. The van der Waals surface area contributed by atoms with Gasteiger partial charge in [-0.3, -0.25) is 4.79 Å². The second-order valence-corrected chi connectivity index (χ2v) is 8.37. The number of fused-ring (bicyclic) bond motifs is 1. The molecule has 3 rings (SSSR count). The first-order chi connectivity index (χ1) is 14.7. The minimum Gasteiger partial charge on any atom is -0.488 e. The Labute approximate surface area is 181 Å². The molecule has 1 saturated carbocycles. The summed E-state index contributed by atoms with van der Waals surface area (Å²) >= 11 is 0. The molecule has 5 atom stereocenters. The van der Waals surface area contributed by atoms with E-state index in [1.807, 2.05) is 31.2 Å². The molecule has 2 N–H and O–H groups in total. The van der Waals surface area contributed by atoms with E-state index in [2.05, 4.69) is 4.74 Å². The lowest BCUT2D eigenvalue weighted by molar-refractivity contribution is -0.140. The summed E-state index contributed by atoms with van der Waals surface area (Å²) in [5, 5.41) is 20.7. The number of benzene rings is 1. The van der Waals surface area contributed by atoms with Gasteiger partial charge < -0.3 is 19.7 Å². The Morgan fingerprint density at radius 2 is 2.19 bits per heavy atom. The van der Waals surface area contributed by atoms with Crippen molar-refractivity contribution in [3.05, 3.63) is 59.4 Å². The molecule has 1 aliphatic heterocycles. The van der Waals surface area contributed by atoms with Gasteiger partial charge in [-0.1, -0.05) is 42.0 Å². The van der Waals surface area contributed by atoms with Crippen LogP contribution >= 0.6 is 0 Å². The molecule has 0 aromatic heterocycles. The first kappa shape index (κ1) is 23.4. The molecule has 31 heavy (non-hydrogen) atoms. The van der Waals surface area contributed by atoms with Crippen molar-refractivity contribution in [2.24, 2.45) is 11.8 Å². The Morgan fingerprint density at radius 3 is 2.90 bits per heavy atom. The minimum atomic E-state index is -3.22. The zero-order valence-corrected chi connectivity index (χ0v) is 17.8. The van der Waals surface area contributed by atoms with E-state index in [-0.39, 0.29) is 25.2 Å². The van der Waals surface area contributed by atoms with Gasteiger partial charge >= 0.3 is 11.9 Å². The third-order valence-corrected chi connectivity index (χ3v) is 5.98. The predicted octanol–water partition coefficient (Wildman–Crippen LogP) is 3.71. The number of allylic oxidation sites excluding steroid dienone is 2. The van der Waals surface area contributed by atoms with Crippen molar-refractivity contribution in [3.63, 3.8) is 0 Å². The summed E-state index contributed by atoms with van der Waals surface area (Å²) in [7, 11) is 1.28. The molecule has 1 saturated heterocycles. The highest BCUT2D eigenvalue weighted by atomic mass is 19.3. The Bertz CT molecular complexity index is 835. The molecule has 0 spiro atoms. The van der Waals surface area contributed by atoms with Crippen molar-refractivity contribution in [2.45, 2.75) is 63.3 Å². The first-order valence-corrected chi connectivity index (χ1v) is 10.6. The molecule has 2 fully saturated rings. The van der Waals surface area contributed by atoms with Gasteiger partial charge in [0.15, 0.2) is 5.76 Å². The number of hydrogen-bond donors (Lipinski definition) is 2. The van der Waals surface area contributed by atoms with Crippen LogP contribution in [0.4, 0.5) is 8.78 Å². The highest BCUT2D eigenvalue weighted by molar-refractivity contribution is 5.69. The third kappa shape index (κ3) is 5.52. The predicted molar refractivity (Wildman–Crippen MR) is 111 cm³/mol.